The highest BCUT2D eigenvalue weighted by atomic mass is 16.3. The van der Waals surface area contributed by atoms with Gasteiger partial charge in [-0.15, -0.1) is 0 Å². The normalized spacial score (nSPS) is 14.5. The molecule has 13 heavy (non-hydrogen) atoms. The van der Waals surface area contributed by atoms with E-state index in [1.807, 2.05) is 0 Å². The zero-order valence-electron chi connectivity index (χ0n) is 8.39. The molecule has 0 aromatic rings. The van der Waals surface area contributed by atoms with Crippen molar-refractivity contribution in [1.29, 1.82) is 5.41 Å². The number of aliphatic imine (C=N–C) groups is 1. The van der Waals surface area contributed by atoms with Gasteiger partial charge in [0.15, 0.2) is 0 Å². The Kier molecular flexibility index (Phi) is 4.99. The average Bonchev–Trinajstić information content (AvgIpc) is 2.04. The van der Waals surface area contributed by atoms with Crippen LogP contribution in [0.1, 0.15) is 20.8 Å². The largest absolute Gasteiger partial charge is 0.392 e. The van der Waals surface area contributed by atoms with Crippen molar-refractivity contribution in [2.75, 3.05) is 6.54 Å². The number of allylic oxidation sites excluding steroid dienone is 1. The Balaban J connectivity index is 4.41. The van der Waals surface area contributed by atoms with Crippen LogP contribution in [0.15, 0.2) is 16.4 Å². The van der Waals surface area contributed by atoms with Crippen molar-refractivity contribution in [1.82, 2.24) is 5.32 Å². The third kappa shape index (κ3) is 4.42. The standard InChI is InChI=1S/C9H17N3O/c1-6(13)5-12-9(11-4)7(2)8(3)10/h6,10,12-13H,4-5H2,1-3H3/b9-7+,10-8?/t6-/m1/s1. The predicted molar refractivity (Wildman–Crippen MR) is 55.3 cm³/mol. The molecule has 0 amide bonds. The van der Waals surface area contributed by atoms with Gasteiger partial charge in [0.05, 0.1) is 6.10 Å². The van der Waals surface area contributed by atoms with Gasteiger partial charge in [0.1, 0.15) is 5.82 Å². The topological polar surface area (TPSA) is 68.5 Å². The van der Waals surface area contributed by atoms with Gasteiger partial charge in [0.25, 0.3) is 0 Å². The molecule has 0 aliphatic heterocycles. The smallest absolute Gasteiger partial charge is 0.129 e. The Morgan fingerprint density at radius 1 is 1.62 bits per heavy atom. The van der Waals surface area contributed by atoms with Crippen molar-refractivity contribution in [3.8, 4) is 0 Å². The van der Waals surface area contributed by atoms with E-state index in [4.69, 9.17) is 10.5 Å². The summed E-state index contributed by atoms with van der Waals surface area (Å²) in [6.07, 6.45) is -0.435. The number of aliphatic hydroxyl groups excluding tert-OH is 1. The molecule has 0 radical (unpaired) electrons. The SMILES string of the molecule is C=N/C(NC[C@@H](C)O)=C(/C)C(C)=N. The minimum absolute atomic E-state index is 0.416. The second-order valence-electron chi connectivity index (χ2n) is 2.99. The molecular weight excluding hydrogens is 166 g/mol. The summed E-state index contributed by atoms with van der Waals surface area (Å²) in [6.45, 7) is 8.97. The summed E-state index contributed by atoms with van der Waals surface area (Å²) in [5.41, 5.74) is 1.19. The number of hydrogen-bond donors (Lipinski definition) is 3. The molecular formula is C9H17N3O. The first kappa shape index (κ1) is 11.8. The summed E-state index contributed by atoms with van der Waals surface area (Å²) < 4.78 is 0. The van der Waals surface area contributed by atoms with Crippen molar-refractivity contribution in [3.63, 3.8) is 0 Å². The third-order valence-electron chi connectivity index (χ3n) is 1.64. The first-order chi connectivity index (χ1) is 5.99. The van der Waals surface area contributed by atoms with Crippen molar-refractivity contribution >= 4 is 12.4 Å². The Morgan fingerprint density at radius 3 is 2.46 bits per heavy atom. The lowest BCUT2D eigenvalue weighted by atomic mass is 10.2. The molecule has 0 aromatic heterocycles. The molecule has 4 heteroatoms. The number of nitrogens with one attached hydrogen (secondary N) is 2. The van der Waals surface area contributed by atoms with Gasteiger partial charge in [-0.2, -0.15) is 0 Å². The minimum atomic E-state index is -0.435. The zero-order valence-corrected chi connectivity index (χ0v) is 8.39. The number of hydrogen-bond acceptors (Lipinski definition) is 4. The van der Waals surface area contributed by atoms with E-state index < -0.39 is 6.10 Å². The molecule has 4 nitrogen and oxygen atoms in total. The second kappa shape index (κ2) is 5.48. The lowest BCUT2D eigenvalue weighted by molar-refractivity contribution is 0.195. The third-order valence-corrected chi connectivity index (χ3v) is 1.64. The van der Waals surface area contributed by atoms with E-state index in [0.29, 0.717) is 18.1 Å². The highest BCUT2D eigenvalue weighted by Crippen LogP contribution is 2.02. The molecule has 0 fully saturated rings. The predicted octanol–water partition coefficient (Wildman–Crippen LogP) is 0.929. The van der Waals surface area contributed by atoms with Gasteiger partial charge in [0.2, 0.25) is 0 Å². The van der Waals surface area contributed by atoms with Crippen LogP contribution in [0.5, 0.6) is 0 Å². The van der Waals surface area contributed by atoms with Gasteiger partial charge in [-0.25, -0.2) is 4.99 Å². The fourth-order valence-electron chi connectivity index (χ4n) is 0.729. The molecule has 0 heterocycles. The van der Waals surface area contributed by atoms with Gasteiger partial charge in [-0.3, -0.25) is 0 Å². The molecule has 0 spiro atoms. The van der Waals surface area contributed by atoms with Crippen molar-refractivity contribution < 1.29 is 5.11 Å². The van der Waals surface area contributed by atoms with Crippen molar-refractivity contribution in [3.05, 3.63) is 11.4 Å². The van der Waals surface area contributed by atoms with Crippen LogP contribution >= 0.6 is 0 Å². The first-order valence-corrected chi connectivity index (χ1v) is 4.14. The highest BCUT2D eigenvalue weighted by Gasteiger charge is 2.02. The maximum Gasteiger partial charge on any atom is 0.129 e. The van der Waals surface area contributed by atoms with Crippen molar-refractivity contribution in [2.24, 2.45) is 4.99 Å². The number of nitrogens with zero attached hydrogens (tertiary/aromatic N) is 1. The Hall–Kier alpha value is -1.16. The van der Waals surface area contributed by atoms with E-state index in [9.17, 15) is 0 Å². The van der Waals surface area contributed by atoms with Crippen molar-refractivity contribution in [2.45, 2.75) is 26.9 Å². The first-order valence-electron chi connectivity index (χ1n) is 4.14. The Morgan fingerprint density at radius 2 is 2.15 bits per heavy atom. The molecule has 0 saturated carbocycles. The van der Waals surface area contributed by atoms with Gasteiger partial charge in [-0.05, 0) is 27.5 Å². The fourth-order valence-corrected chi connectivity index (χ4v) is 0.729. The quantitative estimate of drug-likeness (QED) is 0.555. The van der Waals surface area contributed by atoms with Crippen LogP contribution in [0.4, 0.5) is 0 Å². The van der Waals surface area contributed by atoms with E-state index in [1.165, 1.54) is 0 Å². The van der Waals surface area contributed by atoms with E-state index in [-0.39, 0.29) is 0 Å². The summed E-state index contributed by atoms with van der Waals surface area (Å²) in [6, 6.07) is 0. The van der Waals surface area contributed by atoms with Gasteiger partial charge < -0.3 is 15.8 Å². The van der Waals surface area contributed by atoms with Crippen LogP contribution in [0.3, 0.4) is 0 Å². The maximum absolute atomic E-state index is 9.02. The second-order valence-corrected chi connectivity index (χ2v) is 2.99. The molecule has 74 valence electrons. The number of aliphatic hydroxyl groups is 1. The fraction of sp³-hybridized carbons (Fsp3) is 0.556. The lowest BCUT2D eigenvalue weighted by Gasteiger charge is -2.10. The summed E-state index contributed by atoms with van der Waals surface area (Å²) in [5, 5.41) is 19.3. The summed E-state index contributed by atoms with van der Waals surface area (Å²) in [5.74, 6) is 0.563. The number of rotatable bonds is 5. The Bertz CT molecular complexity index is 231. The van der Waals surface area contributed by atoms with E-state index >= 15 is 0 Å². The zero-order chi connectivity index (χ0) is 10.4. The molecule has 0 bridgehead atoms. The van der Waals surface area contributed by atoms with Crippen LogP contribution < -0.4 is 5.32 Å². The van der Waals surface area contributed by atoms with E-state index in [2.05, 4.69) is 17.0 Å². The Labute approximate surface area is 78.9 Å². The maximum atomic E-state index is 9.02. The van der Waals surface area contributed by atoms with Crippen LogP contribution in [-0.2, 0) is 0 Å². The molecule has 0 aromatic carbocycles. The van der Waals surface area contributed by atoms with Gasteiger partial charge >= 0.3 is 0 Å². The molecule has 0 aliphatic rings. The van der Waals surface area contributed by atoms with Crippen LogP contribution in [-0.4, -0.2) is 30.2 Å². The van der Waals surface area contributed by atoms with Gasteiger partial charge in [0, 0.05) is 17.8 Å². The van der Waals surface area contributed by atoms with Crippen LogP contribution in [0.25, 0.3) is 0 Å². The summed E-state index contributed by atoms with van der Waals surface area (Å²) in [4.78, 5) is 3.75. The molecule has 0 saturated heterocycles. The molecule has 3 N–H and O–H groups in total. The van der Waals surface area contributed by atoms with Crippen LogP contribution in [0, 0.1) is 5.41 Å². The van der Waals surface area contributed by atoms with Gasteiger partial charge in [-0.1, -0.05) is 0 Å². The summed E-state index contributed by atoms with van der Waals surface area (Å²) in [7, 11) is 0. The molecule has 0 rings (SSSR count). The average molecular weight is 183 g/mol. The highest BCUT2D eigenvalue weighted by molar-refractivity contribution is 5.95. The molecule has 0 aliphatic carbocycles. The van der Waals surface area contributed by atoms with E-state index in [0.717, 1.165) is 5.57 Å². The minimum Gasteiger partial charge on any atom is -0.392 e. The van der Waals surface area contributed by atoms with E-state index in [1.54, 1.807) is 20.8 Å². The monoisotopic (exact) mass is 183 g/mol. The lowest BCUT2D eigenvalue weighted by Crippen LogP contribution is -2.24. The molecule has 1 atom stereocenters. The molecule has 0 unspecified atom stereocenters. The summed E-state index contributed by atoms with van der Waals surface area (Å²) >= 11 is 0. The van der Waals surface area contributed by atoms with Crippen LogP contribution in [0.2, 0.25) is 0 Å².